The van der Waals surface area contributed by atoms with E-state index >= 15 is 0 Å². The van der Waals surface area contributed by atoms with Crippen LogP contribution in [-0.2, 0) is 4.65 Å². The van der Waals surface area contributed by atoms with E-state index in [0.29, 0.717) is 5.46 Å². The largest absolute Gasteiger partial charge is 0.492 e. The fraction of sp³-hybridized carbons (Fsp3) is 0.438. The molecule has 4 nitrogen and oxygen atoms in total. The highest BCUT2D eigenvalue weighted by atomic mass is 16.5. The van der Waals surface area contributed by atoms with Crippen molar-refractivity contribution in [2.24, 2.45) is 0 Å². The Kier molecular flexibility index (Phi) is 4.11. The molecule has 21 heavy (non-hydrogen) atoms. The van der Waals surface area contributed by atoms with Crippen molar-refractivity contribution in [2.75, 3.05) is 0 Å². The molecule has 0 saturated carbocycles. The van der Waals surface area contributed by atoms with E-state index in [2.05, 4.69) is 4.98 Å². The number of hydrogen-bond donors (Lipinski definition) is 2. The molecule has 0 aliphatic rings. The average molecular weight is 287 g/mol. The van der Waals surface area contributed by atoms with Crippen molar-refractivity contribution in [3.05, 3.63) is 36.0 Å². The number of hydrogen-bond acceptors (Lipinski definition) is 4. The van der Waals surface area contributed by atoms with Gasteiger partial charge in [0.15, 0.2) is 0 Å². The third kappa shape index (κ3) is 3.26. The number of aliphatic hydroxyl groups is 1. The lowest BCUT2D eigenvalue weighted by molar-refractivity contribution is -0.0982. The summed E-state index contributed by atoms with van der Waals surface area (Å²) in [4.78, 5) is 4.45. The lowest BCUT2D eigenvalue weighted by Gasteiger charge is -2.38. The van der Waals surface area contributed by atoms with Crippen LogP contribution < -0.4 is 5.46 Å². The van der Waals surface area contributed by atoms with Gasteiger partial charge >= 0.3 is 7.12 Å². The molecular formula is C16H22BNO3. The first-order chi connectivity index (χ1) is 9.62. The summed E-state index contributed by atoms with van der Waals surface area (Å²) in [6.45, 7) is 8.72. The summed E-state index contributed by atoms with van der Waals surface area (Å²) in [6, 6.07) is 9.43. The van der Waals surface area contributed by atoms with Crippen molar-refractivity contribution in [1.29, 1.82) is 0 Å². The van der Waals surface area contributed by atoms with Crippen LogP contribution in [0.4, 0.5) is 0 Å². The number of para-hydroxylation sites is 1. The van der Waals surface area contributed by atoms with Gasteiger partial charge in [-0.3, -0.25) is 4.98 Å². The predicted molar refractivity (Wildman–Crippen MR) is 85.5 cm³/mol. The maximum atomic E-state index is 10.5. The summed E-state index contributed by atoms with van der Waals surface area (Å²) >= 11 is 0. The van der Waals surface area contributed by atoms with Crippen LogP contribution in [0.25, 0.3) is 10.9 Å². The number of aryl methyl sites for hydroxylation is 1. The molecule has 0 amide bonds. The number of nitrogens with zero attached hydrogens (tertiary/aromatic N) is 1. The van der Waals surface area contributed by atoms with Crippen LogP contribution in [0.2, 0.25) is 0 Å². The number of benzene rings is 1. The molecule has 0 bridgehead atoms. The molecule has 0 aliphatic heterocycles. The Morgan fingerprint density at radius 2 is 1.76 bits per heavy atom. The third-order valence-corrected chi connectivity index (χ3v) is 4.02. The first kappa shape index (κ1) is 16.0. The lowest BCUT2D eigenvalue weighted by atomic mass is 9.74. The minimum atomic E-state index is -1.13. The second-order valence-corrected chi connectivity index (χ2v) is 6.41. The highest BCUT2D eigenvalue weighted by molar-refractivity contribution is 6.63. The first-order valence-corrected chi connectivity index (χ1v) is 7.06. The monoisotopic (exact) mass is 287 g/mol. The molecule has 2 N–H and O–H groups in total. The molecule has 0 unspecified atom stereocenters. The van der Waals surface area contributed by atoms with Gasteiger partial charge < -0.3 is 14.8 Å². The minimum absolute atomic E-state index is 0.662. The van der Waals surface area contributed by atoms with E-state index < -0.39 is 18.3 Å². The Morgan fingerprint density at radius 3 is 2.38 bits per heavy atom. The summed E-state index contributed by atoms with van der Waals surface area (Å²) in [6.07, 6.45) is 0. The van der Waals surface area contributed by atoms with Crippen molar-refractivity contribution < 1.29 is 14.8 Å². The van der Waals surface area contributed by atoms with E-state index in [1.54, 1.807) is 27.7 Å². The first-order valence-electron chi connectivity index (χ1n) is 7.06. The summed E-state index contributed by atoms with van der Waals surface area (Å²) in [7, 11) is -1.13. The number of fused-ring (bicyclic) bond motifs is 1. The molecule has 5 heteroatoms. The fourth-order valence-corrected chi connectivity index (χ4v) is 2.03. The van der Waals surface area contributed by atoms with Gasteiger partial charge in [-0.1, -0.05) is 18.2 Å². The summed E-state index contributed by atoms with van der Waals surface area (Å²) in [5.74, 6) is 0. The summed E-state index contributed by atoms with van der Waals surface area (Å²) in [5.41, 5.74) is 0.315. The molecule has 0 atom stereocenters. The Morgan fingerprint density at radius 1 is 1.14 bits per heavy atom. The van der Waals surface area contributed by atoms with Crippen LogP contribution in [0, 0.1) is 6.92 Å². The molecule has 0 fully saturated rings. The minimum Gasteiger partial charge on any atom is -0.423 e. The predicted octanol–water partition coefficient (Wildman–Crippen LogP) is 1.80. The van der Waals surface area contributed by atoms with Gasteiger partial charge in [0, 0.05) is 5.69 Å². The Balaban J connectivity index is 2.42. The molecule has 0 spiro atoms. The van der Waals surface area contributed by atoms with Crippen LogP contribution in [0.15, 0.2) is 30.3 Å². The van der Waals surface area contributed by atoms with Crippen LogP contribution in [0.5, 0.6) is 0 Å². The number of pyridine rings is 1. The quantitative estimate of drug-likeness (QED) is 0.842. The standard InChI is InChI=1S/C16H22BNO3/c1-11-10-13(12-8-6-7-9-14(12)18-11)17(20)21-16(4,5)15(2,3)19/h6-10,19-20H,1-5H3. The SMILES string of the molecule is Cc1cc(B(O)OC(C)(C)C(C)(C)O)c2ccccc2n1. The van der Waals surface area contributed by atoms with E-state index in [1.807, 2.05) is 37.3 Å². The molecule has 0 aliphatic carbocycles. The Hall–Kier alpha value is -1.43. The van der Waals surface area contributed by atoms with E-state index in [-0.39, 0.29) is 0 Å². The van der Waals surface area contributed by atoms with Crippen molar-refractivity contribution >= 4 is 23.5 Å². The van der Waals surface area contributed by atoms with Gasteiger partial charge in [-0.2, -0.15) is 0 Å². The van der Waals surface area contributed by atoms with Crippen molar-refractivity contribution in [3.63, 3.8) is 0 Å². The molecular weight excluding hydrogens is 265 g/mol. The number of rotatable bonds is 4. The van der Waals surface area contributed by atoms with Crippen LogP contribution in [-0.4, -0.2) is 33.4 Å². The van der Waals surface area contributed by atoms with Gasteiger partial charge in [0.1, 0.15) is 0 Å². The topological polar surface area (TPSA) is 62.6 Å². The Labute approximate surface area is 125 Å². The second-order valence-electron chi connectivity index (χ2n) is 6.41. The molecule has 2 rings (SSSR count). The maximum absolute atomic E-state index is 10.5. The van der Waals surface area contributed by atoms with Gasteiger partial charge in [-0.25, -0.2) is 0 Å². The van der Waals surface area contributed by atoms with E-state index in [9.17, 15) is 10.1 Å². The molecule has 0 saturated heterocycles. The zero-order valence-electron chi connectivity index (χ0n) is 13.2. The van der Waals surface area contributed by atoms with Gasteiger partial charge in [0.2, 0.25) is 0 Å². The highest BCUT2D eigenvalue weighted by Gasteiger charge is 2.39. The Bertz CT molecular complexity index is 650. The highest BCUT2D eigenvalue weighted by Crippen LogP contribution is 2.25. The van der Waals surface area contributed by atoms with Crippen LogP contribution in [0.1, 0.15) is 33.4 Å². The maximum Gasteiger partial charge on any atom is 0.492 e. The van der Waals surface area contributed by atoms with Gasteiger partial charge in [0.05, 0.1) is 16.7 Å². The second kappa shape index (κ2) is 5.41. The molecule has 0 radical (unpaired) electrons. The van der Waals surface area contributed by atoms with Crippen molar-refractivity contribution in [1.82, 2.24) is 4.98 Å². The average Bonchev–Trinajstić information content (AvgIpc) is 2.35. The van der Waals surface area contributed by atoms with E-state index in [4.69, 9.17) is 4.65 Å². The van der Waals surface area contributed by atoms with Gasteiger partial charge in [-0.15, -0.1) is 0 Å². The molecule has 1 heterocycles. The number of aromatic nitrogens is 1. The van der Waals surface area contributed by atoms with Crippen molar-refractivity contribution in [3.8, 4) is 0 Å². The van der Waals surface area contributed by atoms with Crippen molar-refractivity contribution in [2.45, 2.75) is 45.8 Å². The molecule has 1 aromatic carbocycles. The van der Waals surface area contributed by atoms with Crippen LogP contribution in [0.3, 0.4) is 0 Å². The van der Waals surface area contributed by atoms with E-state index in [1.165, 1.54) is 0 Å². The fourth-order valence-electron chi connectivity index (χ4n) is 2.03. The normalized spacial score (nSPS) is 12.7. The smallest absolute Gasteiger partial charge is 0.423 e. The van der Waals surface area contributed by atoms with Gasteiger partial charge in [0.25, 0.3) is 0 Å². The van der Waals surface area contributed by atoms with E-state index in [0.717, 1.165) is 16.6 Å². The van der Waals surface area contributed by atoms with Crippen LogP contribution >= 0.6 is 0 Å². The summed E-state index contributed by atoms with van der Waals surface area (Å²) in [5, 5.41) is 21.5. The molecule has 1 aromatic heterocycles. The zero-order chi connectivity index (χ0) is 15.8. The molecule has 112 valence electrons. The lowest BCUT2D eigenvalue weighted by Crippen LogP contribution is -2.53. The molecule has 2 aromatic rings. The third-order valence-electron chi connectivity index (χ3n) is 4.02. The summed E-state index contributed by atoms with van der Waals surface area (Å²) < 4.78 is 5.73. The van der Waals surface area contributed by atoms with Gasteiger partial charge in [-0.05, 0) is 57.6 Å². The zero-order valence-corrected chi connectivity index (χ0v) is 13.2.